The smallest absolute Gasteiger partial charge is 0.150 e. The molecule has 0 radical (unpaired) electrons. The van der Waals surface area contributed by atoms with E-state index in [0.29, 0.717) is 29.8 Å². The summed E-state index contributed by atoms with van der Waals surface area (Å²) in [6, 6.07) is 8.36. The molecule has 2 aromatic rings. The first-order valence-corrected chi connectivity index (χ1v) is 9.08. The Labute approximate surface area is 152 Å². The maximum Gasteiger partial charge on any atom is 0.150 e. The Bertz CT molecular complexity index is 758. The van der Waals surface area contributed by atoms with Crippen molar-refractivity contribution in [2.24, 2.45) is 0 Å². The van der Waals surface area contributed by atoms with E-state index in [-0.39, 0.29) is 5.56 Å². The van der Waals surface area contributed by atoms with Crippen molar-refractivity contribution in [3.8, 4) is 16.9 Å². The van der Waals surface area contributed by atoms with Gasteiger partial charge in [0.1, 0.15) is 17.4 Å². The quantitative estimate of drug-likeness (QED) is 0.530. The molecule has 26 heavy (non-hydrogen) atoms. The summed E-state index contributed by atoms with van der Waals surface area (Å²) in [5, 5.41) is 0. The van der Waals surface area contributed by atoms with Crippen molar-refractivity contribution in [2.45, 2.75) is 25.7 Å². The lowest BCUT2D eigenvalue weighted by Gasteiger charge is -2.26. The molecule has 1 aliphatic heterocycles. The number of hydrogen-bond acceptors (Lipinski definition) is 3. The van der Waals surface area contributed by atoms with Crippen molar-refractivity contribution >= 4 is 6.29 Å². The van der Waals surface area contributed by atoms with E-state index < -0.39 is 11.6 Å². The first-order valence-electron chi connectivity index (χ1n) is 9.08. The third-order valence-corrected chi connectivity index (χ3v) is 4.71. The Morgan fingerprint density at radius 3 is 2.62 bits per heavy atom. The fourth-order valence-corrected chi connectivity index (χ4v) is 3.40. The van der Waals surface area contributed by atoms with Crippen LogP contribution in [0, 0.1) is 11.6 Å². The van der Waals surface area contributed by atoms with Crippen LogP contribution in [0.15, 0.2) is 36.4 Å². The van der Waals surface area contributed by atoms with Crippen LogP contribution in [-0.4, -0.2) is 37.4 Å². The zero-order chi connectivity index (χ0) is 18.4. The van der Waals surface area contributed by atoms with Crippen molar-refractivity contribution in [3.63, 3.8) is 0 Å². The molecule has 0 N–H and O–H groups in total. The van der Waals surface area contributed by atoms with Gasteiger partial charge in [0.15, 0.2) is 6.29 Å². The molecule has 0 unspecified atom stereocenters. The molecule has 1 heterocycles. The molecule has 5 heteroatoms. The summed E-state index contributed by atoms with van der Waals surface area (Å²) in [4.78, 5) is 13.8. The molecule has 138 valence electrons. The summed E-state index contributed by atoms with van der Waals surface area (Å²) in [6.07, 6.45) is 5.32. The molecule has 1 fully saturated rings. The van der Waals surface area contributed by atoms with Crippen LogP contribution in [-0.2, 0) is 0 Å². The lowest BCUT2D eigenvalue weighted by Crippen LogP contribution is -2.31. The molecule has 2 aromatic carbocycles. The van der Waals surface area contributed by atoms with E-state index in [1.54, 1.807) is 18.2 Å². The number of rotatable bonds is 7. The number of aldehydes is 1. The molecular weight excluding hydrogens is 336 g/mol. The van der Waals surface area contributed by atoms with Gasteiger partial charge in [-0.05, 0) is 50.6 Å². The summed E-state index contributed by atoms with van der Waals surface area (Å²) in [5.74, 6) is -0.921. The third-order valence-electron chi connectivity index (χ3n) is 4.71. The lowest BCUT2D eigenvalue weighted by atomic mass is 9.98. The number of benzene rings is 2. The number of ether oxygens (including phenoxy) is 1. The van der Waals surface area contributed by atoms with Gasteiger partial charge in [0.25, 0.3) is 0 Å². The molecule has 0 bridgehead atoms. The van der Waals surface area contributed by atoms with Gasteiger partial charge in [-0.25, -0.2) is 8.78 Å². The van der Waals surface area contributed by atoms with E-state index in [9.17, 15) is 13.6 Å². The predicted molar refractivity (Wildman–Crippen MR) is 97.6 cm³/mol. The molecule has 0 atom stereocenters. The molecule has 0 spiro atoms. The Morgan fingerprint density at radius 2 is 1.88 bits per heavy atom. The number of nitrogens with zero attached hydrogens (tertiary/aromatic N) is 1. The van der Waals surface area contributed by atoms with E-state index in [0.717, 1.165) is 32.1 Å². The van der Waals surface area contributed by atoms with Crippen LogP contribution >= 0.6 is 0 Å². The van der Waals surface area contributed by atoms with Crippen LogP contribution in [0.2, 0.25) is 0 Å². The van der Waals surface area contributed by atoms with Crippen LogP contribution in [0.4, 0.5) is 8.78 Å². The molecule has 0 saturated carbocycles. The minimum Gasteiger partial charge on any atom is -0.493 e. The maximum atomic E-state index is 14.2. The van der Waals surface area contributed by atoms with Crippen LogP contribution in [0.3, 0.4) is 0 Å². The molecule has 3 rings (SSSR count). The Balaban J connectivity index is 1.73. The second kappa shape index (κ2) is 8.90. The minimum absolute atomic E-state index is 0.167. The second-order valence-electron chi connectivity index (χ2n) is 6.57. The van der Waals surface area contributed by atoms with Gasteiger partial charge in [-0.1, -0.05) is 18.6 Å². The molecule has 3 nitrogen and oxygen atoms in total. The largest absolute Gasteiger partial charge is 0.493 e. The van der Waals surface area contributed by atoms with Gasteiger partial charge >= 0.3 is 0 Å². The summed E-state index contributed by atoms with van der Waals surface area (Å²) in [6.45, 7) is 3.71. The highest BCUT2D eigenvalue weighted by atomic mass is 19.1. The van der Waals surface area contributed by atoms with Crippen LogP contribution in [0.25, 0.3) is 11.1 Å². The van der Waals surface area contributed by atoms with E-state index in [4.69, 9.17) is 4.74 Å². The molecule has 0 aromatic heterocycles. The van der Waals surface area contributed by atoms with Gasteiger partial charge in [-0.2, -0.15) is 0 Å². The highest BCUT2D eigenvalue weighted by molar-refractivity contribution is 5.90. The SMILES string of the molecule is O=Cc1cccc(OCCCN2CCCCC2)c1-c1ccc(F)cc1F. The van der Waals surface area contributed by atoms with Gasteiger partial charge in [0.05, 0.1) is 6.61 Å². The number of piperidine rings is 1. The topological polar surface area (TPSA) is 29.5 Å². The summed E-state index contributed by atoms with van der Waals surface area (Å²) in [7, 11) is 0. The number of carbonyl (C=O) groups is 1. The highest BCUT2D eigenvalue weighted by Gasteiger charge is 2.16. The summed E-state index contributed by atoms with van der Waals surface area (Å²) >= 11 is 0. The Hall–Kier alpha value is -2.27. The van der Waals surface area contributed by atoms with Crippen molar-refractivity contribution in [1.82, 2.24) is 4.90 Å². The summed E-state index contributed by atoms with van der Waals surface area (Å²) in [5.41, 5.74) is 0.863. The zero-order valence-corrected chi connectivity index (χ0v) is 14.7. The van der Waals surface area contributed by atoms with Crippen molar-refractivity contribution in [2.75, 3.05) is 26.2 Å². The van der Waals surface area contributed by atoms with Crippen LogP contribution in [0.5, 0.6) is 5.75 Å². The van der Waals surface area contributed by atoms with Crippen molar-refractivity contribution in [1.29, 1.82) is 0 Å². The second-order valence-corrected chi connectivity index (χ2v) is 6.57. The van der Waals surface area contributed by atoms with Crippen molar-refractivity contribution in [3.05, 3.63) is 53.6 Å². The Kier molecular flexibility index (Phi) is 6.34. The summed E-state index contributed by atoms with van der Waals surface area (Å²) < 4.78 is 33.3. The number of hydrogen-bond donors (Lipinski definition) is 0. The molecule has 1 aliphatic rings. The number of halogens is 2. The first-order chi connectivity index (χ1) is 12.7. The molecule has 1 saturated heterocycles. The fourth-order valence-electron chi connectivity index (χ4n) is 3.40. The fraction of sp³-hybridized carbons (Fsp3) is 0.381. The first kappa shape index (κ1) is 18.5. The highest BCUT2D eigenvalue weighted by Crippen LogP contribution is 2.35. The van der Waals surface area contributed by atoms with Crippen LogP contribution in [0.1, 0.15) is 36.0 Å². The van der Waals surface area contributed by atoms with Gasteiger partial charge in [-0.15, -0.1) is 0 Å². The monoisotopic (exact) mass is 359 g/mol. The lowest BCUT2D eigenvalue weighted by molar-refractivity contribution is 0.112. The van der Waals surface area contributed by atoms with E-state index >= 15 is 0 Å². The zero-order valence-electron chi connectivity index (χ0n) is 14.7. The van der Waals surface area contributed by atoms with Gasteiger partial charge in [0, 0.05) is 29.3 Å². The van der Waals surface area contributed by atoms with Gasteiger partial charge < -0.3 is 9.64 Å². The van der Waals surface area contributed by atoms with E-state index in [1.165, 1.54) is 31.4 Å². The number of likely N-dealkylation sites (tertiary alicyclic amines) is 1. The maximum absolute atomic E-state index is 14.2. The Morgan fingerprint density at radius 1 is 1.08 bits per heavy atom. The van der Waals surface area contributed by atoms with Crippen molar-refractivity contribution < 1.29 is 18.3 Å². The average Bonchev–Trinajstić information content (AvgIpc) is 2.66. The van der Waals surface area contributed by atoms with E-state index in [2.05, 4.69) is 4.90 Å². The van der Waals surface area contributed by atoms with Gasteiger partial charge in [-0.3, -0.25) is 4.79 Å². The third kappa shape index (κ3) is 4.47. The molecular formula is C21H23F2NO2. The minimum atomic E-state index is -0.711. The van der Waals surface area contributed by atoms with E-state index in [1.807, 2.05) is 0 Å². The standard InChI is InChI=1S/C21H23F2NO2/c22-17-8-9-18(19(23)14-17)21-16(15-25)6-4-7-20(21)26-13-5-12-24-10-2-1-3-11-24/h4,6-9,14-15H,1-3,5,10-13H2. The van der Waals surface area contributed by atoms with Gasteiger partial charge in [0.2, 0.25) is 0 Å². The van der Waals surface area contributed by atoms with Crippen LogP contribution < -0.4 is 4.74 Å². The predicted octanol–water partition coefficient (Wildman–Crippen LogP) is 4.70. The molecule has 0 aliphatic carbocycles. The normalized spacial score (nSPS) is 15.0. The average molecular weight is 359 g/mol. The molecule has 0 amide bonds. The number of carbonyl (C=O) groups excluding carboxylic acids is 1.